The monoisotopic (exact) mass is 442 g/mol. The number of fused-ring (bicyclic) bond motifs is 1. The molecule has 1 amide bonds. The van der Waals surface area contributed by atoms with Crippen LogP contribution in [0.25, 0.3) is 10.8 Å². The van der Waals surface area contributed by atoms with Crippen molar-refractivity contribution in [1.29, 1.82) is 0 Å². The van der Waals surface area contributed by atoms with Gasteiger partial charge in [0.05, 0.1) is 26.6 Å². The van der Waals surface area contributed by atoms with Crippen molar-refractivity contribution in [3.8, 4) is 0 Å². The zero-order valence-corrected chi connectivity index (χ0v) is 19.2. The molecule has 4 aliphatic rings. The molecule has 0 spiro atoms. The predicted molar refractivity (Wildman–Crippen MR) is 120 cm³/mol. The lowest BCUT2D eigenvalue weighted by molar-refractivity contribution is -0.136. The molecule has 2 aromatic rings. The van der Waals surface area contributed by atoms with Crippen molar-refractivity contribution in [1.82, 2.24) is 19.0 Å². The van der Waals surface area contributed by atoms with Gasteiger partial charge in [0, 0.05) is 25.0 Å². The van der Waals surface area contributed by atoms with Crippen LogP contribution in [0.4, 0.5) is 0 Å². The smallest absolute Gasteiger partial charge is 0.247 e. The summed E-state index contributed by atoms with van der Waals surface area (Å²) < 4.78 is 28.5. The summed E-state index contributed by atoms with van der Waals surface area (Å²) in [5, 5.41) is 2.14. The van der Waals surface area contributed by atoms with Gasteiger partial charge < -0.3 is 0 Å². The Hall–Kier alpha value is -2.00. The van der Waals surface area contributed by atoms with Crippen LogP contribution < -0.4 is 0 Å². The third kappa shape index (κ3) is 3.46. The minimum atomic E-state index is -3.90. The number of amides is 1. The standard InChI is InChI=1S/C23H30N4O3S/c1-22(2,3)21(28)27(11-18-8-9-19-6-4-5-7-20(19)10-18)31(29,30)23-12-24-15-25(13-23)17-26(14-23)16-24/h4-10H,11-17H2,1-3H3. The van der Waals surface area contributed by atoms with Gasteiger partial charge in [-0.3, -0.25) is 19.5 Å². The van der Waals surface area contributed by atoms with Gasteiger partial charge in [-0.1, -0.05) is 57.2 Å². The van der Waals surface area contributed by atoms with Crippen molar-refractivity contribution < 1.29 is 13.2 Å². The fourth-order valence-corrected chi connectivity index (χ4v) is 7.59. The third-order valence-electron chi connectivity index (χ3n) is 6.58. The van der Waals surface area contributed by atoms with Gasteiger partial charge in [-0.15, -0.1) is 0 Å². The summed E-state index contributed by atoms with van der Waals surface area (Å²) in [6, 6.07) is 13.9. The number of hydrogen-bond donors (Lipinski definition) is 0. The van der Waals surface area contributed by atoms with Crippen molar-refractivity contribution in [2.24, 2.45) is 5.41 Å². The molecule has 7 nitrogen and oxygen atoms in total. The van der Waals surface area contributed by atoms with Crippen LogP contribution in [0.5, 0.6) is 0 Å². The van der Waals surface area contributed by atoms with E-state index in [1.165, 1.54) is 4.31 Å². The predicted octanol–water partition coefficient (Wildman–Crippen LogP) is 2.10. The summed E-state index contributed by atoms with van der Waals surface area (Å²) in [4.78, 5) is 20.0. The molecule has 4 aliphatic heterocycles. The number of hydrogen-bond acceptors (Lipinski definition) is 6. The number of nitrogens with zero attached hydrogens (tertiary/aromatic N) is 4. The molecule has 0 atom stereocenters. The van der Waals surface area contributed by atoms with Gasteiger partial charge in [0.2, 0.25) is 15.9 Å². The van der Waals surface area contributed by atoms with Crippen LogP contribution in [0.1, 0.15) is 26.3 Å². The van der Waals surface area contributed by atoms with Crippen LogP contribution in [-0.4, -0.2) is 77.7 Å². The number of benzene rings is 2. The second-order valence-electron chi connectivity index (χ2n) is 10.3. The van der Waals surface area contributed by atoms with Gasteiger partial charge in [0.25, 0.3) is 0 Å². The number of carbonyl (C=O) groups excluding carboxylic acids is 1. The first-order valence-corrected chi connectivity index (χ1v) is 12.2. The van der Waals surface area contributed by atoms with E-state index in [4.69, 9.17) is 0 Å². The van der Waals surface area contributed by atoms with E-state index < -0.39 is 20.2 Å². The van der Waals surface area contributed by atoms with E-state index in [1.54, 1.807) is 20.8 Å². The van der Waals surface area contributed by atoms with E-state index in [9.17, 15) is 13.2 Å². The molecular weight excluding hydrogens is 412 g/mol. The Kier molecular flexibility index (Phi) is 4.71. The molecule has 2 aromatic carbocycles. The van der Waals surface area contributed by atoms with Crippen LogP contribution in [0.3, 0.4) is 0 Å². The molecule has 0 saturated carbocycles. The van der Waals surface area contributed by atoms with Crippen molar-refractivity contribution in [2.45, 2.75) is 32.1 Å². The normalized spacial score (nSPS) is 30.0. The van der Waals surface area contributed by atoms with Gasteiger partial charge in [0.15, 0.2) is 0 Å². The lowest BCUT2D eigenvalue weighted by Crippen LogP contribution is -2.79. The van der Waals surface area contributed by atoms with Crippen LogP contribution in [-0.2, 0) is 21.4 Å². The summed E-state index contributed by atoms with van der Waals surface area (Å²) in [6.07, 6.45) is 0. The van der Waals surface area contributed by atoms with Gasteiger partial charge in [-0.25, -0.2) is 12.7 Å². The maximum absolute atomic E-state index is 14.2. The first kappa shape index (κ1) is 20.9. The quantitative estimate of drug-likeness (QED) is 0.723. The Morgan fingerprint density at radius 2 is 1.48 bits per heavy atom. The highest BCUT2D eigenvalue weighted by atomic mass is 32.2. The summed E-state index contributed by atoms with van der Waals surface area (Å²) >= 11 is 0. The Balaban J connectivity index is 1.55. The maximum atomic E-state index is 14.2. The second-order valence-corrected chi connectivity index (χ2v) is 12.6. The molecule has 166 valence electrons. The second kappa shape index (κ2) is 7.00. The number of rotatable bonds is 4. The Bertz CT molecular complexity index is 1100. The van der Waals surface area contributed by atoms with E-state index in [2.05, 4.69) is 14.7 Å². The average molecular weight is 443 g/mol. The van der Waals surface area contributed by atoms with E-state index in [-0.39, 0.29) is 12.5 Å². The Labute approximate surface area is 184 Å². The Morgan fingerprint density at radius 3 is 2.03 bits per heavy atom. The van der Waals surface area contributed by atoms with Crippen molar-refractivity contribution in [2.75, 3.05) is 39.6 Å². The maximum Gasteiger partial charge on any atom is 0.247 e. The summed E-state index contributed by atoms with van der Waals surface area (Å²) in [6.45, 7) is 9.25. The molecule has 4 heterocycles. The highest BCUT2D eigenvalue weighted by Crippen LogP contribution is 2.38. The lowest BCUT2D eigenvalue weighted by Gasteiger charge is -2.60. The van der Waals surface area contributed by atoms with E-state index in [0.717, 1.165) is 36.3 Å². The molecule has 0 unspecified atom stereocenters. The van der Waals surface area contributed by atoms with Crippen LogP contribution in [0, 0.1) is 5.41 Å². The van der Waals surface area contributed by atoms with Gasteiger partial charge in [-0.05, 0) is 22.4 Å². The minimum Gasteiger partial charge on any atom is -0.276 e. The van der Waals surface area contributed by atoms with E-state index in [0.29, 0.717) is 19.6 Å². The zero-order chi connectivity index (χ0) is 22.0. The van der Waals surface area contributed by atoms with E-state index >= 15 is 0 Å². The van der Waals surface area contributed by atoms with Gasteiger partial charge >= 0.3 is 0 Å². The van der Waals surface area contributed by atoms with Crippen LogP contribution >= 0.6 is 0 Å². The minimum absolute atomic E-state index is 0.0605. The lowest BCUT2D eigenvalue weighted by atomic mass is 9.95. The Morgan fingerprint density at radius 1 is 0.935 bits per heavy atom. The number of carbonyl (C=O) groups is 1. The van der Waals surface area contributed by atoms with E-state index in [1.807, 2.05) is 42.5 Å². The van der Waals surface area contributed by atoms with Crippen molar-refractivity contribution >= 4 is 26.7 Å². The van der Waals surface area contributed by atoms with Crippen LogP contribution in [0.15, 0.2) is 42.5 Å². The molecule has 0 radical (unpaired) electrons. The SMILES string of the molecule is CC(C)(C)C(=O)N(Cc1ccc2ccccc2c1)S(=O)(=O)C12CN3CN(CN(C3)C1)C2. The largest absolute Gasteiger partial charge is 0.276 e. The summed E-state index contributed by atoms with van der Waals surface area (Å²) in [7, 11) is -3.90. The highest BCUT2D eigenvalue weighted by molar-refractivity contribution is 7.91. The van der Waals surface area contributed by atoms with Crippen molar-refractivity contribution in [3.63, 3.8) is 0 Å². The van der Waals surface area contributed by atoms with Crippen molar-refractivity contribution in [3.05, 3.63) is 48.0 Å². The zero-order valence-electron chi connectivity index (χ0n) is 18.4. The fraction of sp³-hybridized carbons (Fsp3) is 0.522. The molecule has 8 heteroatoms. The third-order valence-corrected chi connectivity index (χ3v) is 8.94. The highest BCUT2D eigenvalue weighted by Gasteiger charge is 2.59. The molecule has 31 heavy (non-hydrogen) atoms. The molecule has 4 fully saturated rings. The molecule has 0 aromatic heterocycles. The molecular formula is C23H30N4O3S. The first-order valence-electron chi connectivity index (χ1n) is 10.8. The van der Waals surface area contributed by atoms with Crippen LogP contribution in [0.2, 0.25) is 0 Å². The average Bonchev–Trinajstić information content (AvgIpc) is 2.69. The summed E-state index contributed by atoms with van der Waals surface area (Å²) in [5.41, 5.74) is 0.0260. The fourth-order valence-electron chi connectivity index (χ4n) is 5.28. The molecule has 4 saturated heterocycles. The number of sulfonamides is 1. The first-order chi connectivity index (χ1) is 14.6. The summed E-state index contributed by atoms with van der Waals surface area (Å²) in [5.74, 6) is -0.351. The topological polar surface area (TPSA) is 64.2 Å². The molecule has 0 aliphatic carbocycles. The van der Waals surface area contributed by atoms with Gasteiger partial charge in [-0.2, -0.15) is 0 Å². The van der Waals surface area contributed by atoms with Gasteiger partial charge in [0.1, 0.15) is 4.75 Å². The molecule has 6 rings (SSSR count). The molecule has 0 N–H and O–H groups in total. The molecule has 4 bridgehead atoms.